The first-order chi connectivity index (χ1) is 7.62. The van der Waals surface area contributed by atoms with Gasteiger partial charge in [0, 0.05) is 6.42 Å². The van der Waals surface area contributed by atoms with E-state index in [0.717, 1.165) is 0 Å². The number of ketones is 1. The average molecular weight is 226 g/mol. The molecule has 16 heavy (non-hydrogen) atoms. The van der Waals surface area contributed by atoms with Gasteiger partial charge in [-0.2, -0.15) is 0 Å². The first-order valence-corrected chi connectivity index (χ1v) is 4.91. The molecule has 0 fully saturated rings. The first kappa shape index (κ1) is 12.5. The lowest BCUT2D eigenvalue weighted by molar-refractivity contribution is -0.116. The van der Waals surface area contributed by atoms with Crippen molar-refractivity contribution in [2.24, 2.45) is 0 Å². The quantitative estimate of drug-likeness (QED) is 0.772. The van der Waals surface area contributed by atoms with Gasteiger partial charge in [0.2, 0.25) is 0 Å². The van der Waals surface area contributed by atoms with E-state index in [1.807, 2.05) is 0 Å². The van der Waals surface area contributed by atoms with Gasteiger partial charge in [-0.25, -0.2) is 4.39 Å². The monoisotopic (exact) mass is 226 g/mol. The number of halogens is 1. The Balaban J connectivity index is 3.20. The Labute approximate surface area is 94.2 Å². The predicted molar refractivity (Wildman–Crippen MR) is 58.7 cm³/mol. The molecule has 0 aromatic heterocycles. The van der Waals surface area contributed by atoms with Gasteiger partial charge in [-0.05, 0) is 30.2 Å². The summed E-state index contributed by atoms with van der Waals surface area (Å²) in [5, 5.41) is 0. The van der Waals surface area contributed by atoms with E-state index in [9.17, 15) is 9.18 Å². The third-order valence-corrected chi connectivity index (χ3v) is 2.29. The molecular formula is C12H15FO3. The maximum Gasteiger partial charge on any atom is 0.161 e. The summed E-state index contributed by atoms with van der Waals surface area (Å²) in [6.07, 6.45) is 0.208. The summed E-state index contributed by atoms with van der Waals surface area (Å²) in [5.74, 6) is 0.973. The van der Waals surface area contributed by atoms with Crippen LogP contribution in [0.2, 0.25) is 0 Å². The second kappa shape index (κ2) is 5.49. The lowest BCUT2D eigenvalue weighted by Crippen LogP contribution is -2.02. The maximum absolute atomic E-state index is 12.8. The fourth-order valence-corrected chi connectivity index (χ4v) is 1.52. The summed E-state index contributed by atoms with van der Waals surface area (Å²) in [6, 6.07) is 3.21. The van der Waals surface area contributed by atoms with Crippen molar-refractivity contribution in [1.29, 1.82) is 0 Å². The first-order valence-electron chi connectivity index (χ1n) is 4.91. The van der Waals surface area contributed by atoms with Gasteiger partial charge in [-0.15, -0.1) is 0 Å². The van der Waals surface area contributed by atoms with E-state index < -0.39 is 6.67 Å². The maximum atomic E-state index is 12.8. The van der Waals surface area contributed by atoms with Gasteiger partial charge in [-0.3, -0.25) is 4.79 Å². The van der Waals surface area contributed by atoms with Gasteiger partial charge < -0.3 is 9.47 Å². The number of hydrogen-bond acceptors (Lipinski definition) is 3. The minimum Gasteiger partial charge on any atom is -0.493 e. The molecule has 0 heterocycles. The Kier molecular flexibility index (Phi) is 4.28. The molecule has 0 saturated heterocycles. The van der Waals surface area contributed by atoms with Crippen LogP contribution in [0.5, 0.6) is 11.5 Å². The average Bonchev–Trinajstić information content (AvgIpc) is 2.27. The molecule has 0 spiro atoms. The fourth-order valence-electron chi connectivity index (χ4n) is 1.52. The minimum atomic E-state index is -0.622. The van der Waals surface area contributed by atoms with Crippen molar-refractivity contribution in [3.05, 3.63) is 23.3 Å². The van der Waals surface area contributed by atoms with Gasteiger partial charge in [0.05, 0.1) is 14.2 Å². The standard InChI is InChI=1S/C12H15FO3/c1-8(14)4-9-5-11(15-2)12(16-3)6-10(9)7-13/h5-6H,4,7H2,1-3H3. The highest BCUT2D eigenvalue weighted by atomic mass is 19.1. The number of ether oxygens (including phenoxy) is 2. The van der Waals surface area contributed by atoms with E-state index in [2.05, 4.69) is 0 Å². The van der Waals surface area contributed by atoms with E-state index in [-0.39, 0.29) is 12.2 Å². The Bertz CT molecular complexity index is 388. The summed E-state index contributed by atoms with van der Waals surface area (Å²) >= 11 is 0. The predicted octanol–water partition coefficient (Wildman–Crippen LogP) is 2.30. The van der Waals surface area contributed by atoms with Crippen molar-refractivity contribution in [2.75, 3.05) is 14.2 Å². The molecule has 1 rings (SSSR count). The van der Waals surface area contributed by atoms with E-state index >= 15 is 0 Å². The van der Waals surface area contributed by atoms with Crippen LogP contribution in [0.15, 0.2) is 12.1 Å². The molecule has 3 nitrogen and oxygen atoms in total. The molecule has 0 aliphatic carbocycles. The highest BCUT2D eigenvalue weighted by molar-refractivity contribution is 5.78. The van der Waals surface area contributed by atoms with Crippen molar-refractivity contribution in [1.82, 2.24) is 0 Å². The fraction of sp³-hybridized carbons (Fsp3) is 0.417. The third kappa shape index (κ3) is 2.72. The Morgan fingerprint density at radius 1 is 1.19 bits per heavy atom. The number of hydrogen-bond donors (Lipinski definition) is 0. The number of carbonyl (C=O) groups is 1. The van der Waals surface area contributed by atoms with Crippen molar-refractivity contribution < 1.29 is 18.7 Å². The zero-order chi connectivity index (χ0) is 12.1. The molecule has 88 valence electrons. The van der Waals surface area contributed by atoms with Gasteiger partial charge in [0.15, 0.2) is 11.5 Å². The second-order valence-corrected chi connectivity index (χ2v) is 3.49. The second-order valence-electron chi connectivity index (χ2n) is 3.49. The smallest absolute Gasteiger partial charge is 0.161 e. The highest BCUT2D eigenvalue weighted by Gasteiger charge is 2.12. The Morgan fingerprint density at radius 2 is 1.69 bits per heavy atom. The van der Waals surface area contributed by atoms with Crippen LogP contribution in [-0.2, 0) is 17.9 Å². The van der Waals surface area contributed by atoms with Crippen LogP contribution in [0.3, 0.4) is 0 Å². The molecule has 0 bridgehead atoms. The summed E-state index contributed by atoms with van der Waals surface area (Å²) in [4.78, 5) is 11.0. The molecule has 1 aromatic carbocycles. The highest BCUT2D eigenvalue weighted by Crippen LogP contribution is 2.31. The summed E-state index contributed by atoms with van der Waals surface area (Å²) in [6.45, 7) is 0.849. The van der Waals surface area contributed by atoms with Crippen molar-refractivity contribution in [3.8, 4) is 11.5 Å². The van der Waals surface area contributed by atoms with Crippen LogP contribution in [0.4, 0.5) is 4.39 Å². The van der Waals surface area contributed by atoms with E-state index in [4.69, 9.17) is 9.47 Å². The molecule has 0 amide bonds. The van der Waals surface area contributed by atoms with Crippen molar-refractivity contribution in [3.63, 3.8) is 0 Å². The van der Waals surface area contributed by atoms with Gasteiger partial charge in [0.25, 0.3) is 0 Å². The summed E-state index contributed by atoms with van der Waals surface area (Å²) in [7, 11) is 3.00. The minimum absolute atomic E-state index is 0.0121. The van der Waals surface area contributed by atoms with Crippen LogP contribution in [0.1, 0.15) is 18.1 Å². The summed E-state index contributed by atoms with van der Waals surface area (Å²) in [5.41, 5.74) is 1.11. The third-order valence-electron chi connectivity index (χ3n) is 2.29. The van der Waals surface area contributed by atoms with Crippen LogP contribution >= 0.6 is 0 Å². The molecule has 0 unspecified atom stereocenters. The van der Waals surface area contributed by atoms with Gasteiger partial charge in [-0.1, -0.05) is 0 Å². The molecule has 0 aliphatic heterocycles. The molecule has 0 N–H and O–H groups in total. The summed E-state index contributed by atoms with van der Waals surface area (Å²) < 4.78 is 22.9. The van der Waals surface area contributed by atoms with E-state index in [1.165, 1.54) is 21.1 Å². The zero-order valence-electron chi connectivity index (χ0n) is 9.67. The van der Waals surface area contributed by atoms with Crippen molar-refractivity contribution in [2.45, 2.75) is 20.0 Å². The molecule has 4 heteroatoms. The van der Waals surface area contributed by atoms with E-state index in [1.54, 1.807) is 12.1 Å². The Hall–Kier alpha value is -1.58. The molecule has 0 saturated carbocycles. The number of rotatable bonds is 5. The number of Topliss-reactive ketones (excluding diaryl/α,β-unsaturated/α-hetero) is 1. The number of methoxy groups -OCH3 is 2. The Morgan fingerprint density at radius 3 is 2.06 bits per heavy atom. The van der Waals surface area contributed by atoms with Gasteiger partial charge >= 0.3 is 0 Å². The lowest BCUT2D eigenvalue weighted by atomic mass is 10.0. The topological polar surface area (TPSA) is 35.5 Å². The van der Waals surface area contributed by atoms with Gasteiger partial charge in [0.1, 0.15) is 12.5 Å². The number of alkyl halides is 1. The number of carbonyl (C=O) groups excluding carboxylic acids is 1. The van der Waals surface area contributed by atoms with E-state index in [0.29, 0.717) is 22.6 Å². The molecule has 1 aromatic rings. The molecule has 0 aliphatic rings. The van der Waals surface area contributed by atoms with Crippen LogP contribution in [-0.4, -0.2) is 20.0 Å². The lowest BCUT2D eigenvalue weighted by Gasteiger charge is -2.12. The number of benzene rings is 1. The van der Waals surface area contributed by atoms with Crippen LogP contribution < -0.4 is 9.47 Å². The molecule has 0 radical (unpaired) electrons. The molecular weight excluding hydrogens is 211 g/mol. The van der Waals surface area contributed by atoms with Crippen molar-refractivity contribution >= 4 is 5.78 Å². The van der Waals surface area contributed by atoms with Crippen LogP contribution in [0.25, 0.3) is 0 Å². The SMILES string of the molecule is COc1cc(CF)c(CC(C)=O)cc1OC. The normalized spacial score (nSPS) is 10.0. The molecule has 0 atom stereocenters. The van der Waals surface area contributed by atoms with Crippen LogP contribution in [0, 0.1) is 0 Å². The zero-order valence-corrected chi connectivity index (χ0v) is 9.67. The largest absolute Gasteiger partial charge is 0.493 e.